The number of anilines is 1. The highest BCUT2D eigenvalue weighted by molar-refractivity contribution is 8.00. The summed E-state index contributed by atoms with van der Waals surface area (Å²) >= 11 is 1.56. The molecule has 1 atom stereocenters. The molecule has 3 N–H and O–H groups in total. The molecule has 2 aliphatic heterocycles. The molecule has 7 nitrogen and oxygen atoms in total. The highest BCUT2D eigenvalue weighted by Crippen LogP contribution is 2.52. The molecule has 8 heteroatoms. The zero-order valence-electron chi connectivity index (χ0n) is 20.4. The van der Waals surface area contributed by atoms with Gasteiger partial charge in [0, 0.05) is 53.0 Å². The van der Waals surface area contributed by atoms with Gasteiger partial charge in [0.25, 0.3) is 5.91 Å². The summed E-state index contributed by atoms with van der Waals surface area (Å²) in [5, 5.41) is 24.4. The first kappa shape index (κ1) is 24.0. The highest BCUT2D eigenvalue weighted by Gasteiger charge is 2.40. The Bertz CT molecular complexity index is 1580. The lowest BCUT2D eigenvalue weighted by Crippen LogP contribution is -2.28. The fourth-order valence-corrected chi connectivity index (χ4v) is 6.22. The van der Waals surface area contributed by atoms with Crippen LogP contribution < -0.4 is 10.6 Å². The Morgan fingerprint density at radius 3 is 2.71 bits per heavy atom. The van der Waals surface area contributed by atoms with Crippen molar-refractivity contribution in [1.29, 1.82) is 0 Å². The van der Waals surface area contributed by atoms with E-state index in [1.54, 1.807) is 42.1 Å². The van der Waals surface area contributed by atoms with Crippen molar-refractivity contribution in [3.05, 3.63) is 94.6 Å². The second-order valence-corrected chi connectivity index (χ2v) is 10.6. The van der Waals surface area contributed by atoms with Crippen LogP contribution in [0.3, 0.4) is 0 Å². The lowest BCUT2D eigenvalue weighted by Gasteiger charge is -2.17. The van der Waals surface area contributed by atoms with E-state index in [2.05, 4.69) is 26.8 Å². The van der Waals surface area contributed by atoms with Crippen LogP contribution in [0.1, 0.15) is 56.4 Å². The van der Waals surface area contributed by atoms with Crippen LogP contribution >= 0.6 is 11.8 Å². The number of carbonyl (C=O) groups excluding carboxylic acids is 2. The summed E-state index contributed by atoms with van der Waals surface area (Å²) in [6.45, 7) is 0.407. The summed E-state index contributed by atoms with van der Waals surface area (Å²) in [7, 11) is 0. The Hall–Kier alpha value is -4.35. The summed E-state index contributed by atoms with van der Waals surface area (Å²) in [6.07, 6.45) is 7.20. The van der Waals surface area contributed by atoms with Crippen molar-refractivity contribution in [3.8, 4) is 18.1 Å². The normalized spacial score (nSPS) is 18.0. The molecule has 1 aliphatic carbocycles. The third-order valence-corrected chi connectivity index (χ3v) is 8.35. The van der Waals surface area contributed by atoms with Crippen molar-refractivity contribution in [2.24, 2.45) is 10.2 Å². The molecule has 0 saturated carbocycles. The lowest BCUT2D eigenvalue weighted by atomic mass is 10.00. The number of terminal acetylenes is 1. The number of thioether (sulfide) groups is 1. The minimum absolute atomic E-state index is 0.130. The second-order valence-electron chi connectivity index (χ2n) is 9.48. The molecule has 3 aliphatic rings. The average Bonchev–Trinajstić information content (AvgIpc) is 3.68. The molecule has 3 aromatic rings. The first-order valence-corrected chi connectivity index (χ1v) is 13.3. The van der Waals surface area contributed by atoms with Crippen molar-refractivity contribution in [1.82, 2.24) is 5.32 Å². The largest absolute Gasteiger partial charge is 0.508 e. The van der Waals surface area contributed by atoms with Gasteiger partial charge < -0.3 is 15.7 Å². The average molecular weight is 521 g/mol. The Labute approximate surface area is 224 Å². The van der Waals surface area contributed by atoms with Gasteiger partial charge in [-0.25, -0.2) is 0 Å². The molecule has 1 amide bonds. The first-order chi connectivity index (χ1) is 18.5. The van der Waals surface area contributed by atoms with Crippen LogP contribution in [0.2, 0.25) is 0 Å². The van der Waals surface area contributed by atoms with E-state index < -0.39 is 5.66 Å². The standard InChI is InChI=1S/C30H24N4O3S/c1-2-3-13-30(33-34-30)14-15-31-29(37)19-11-12-21-22(17-19)27(36)25-26(21)32-23-9-4-5-10-24(23)38-28(25)18-7-6-8-20(35)16-18/h1,4-12,16-17,28,32,35H,3,13-15H2,(H,31,37). The number of para-hydroxylation sites is 1. The zero-order valence-corrected chi connectivity index (χ0v) is 21.2. The smallest absolute Gasteiger partial charge is 0.251 e. The number of phenolic OH excluding ortho intramolecular Hbond substituents is 1. The SMILES string of the molecule is C#CCCC1(CCNC(=O)c2ccc3c(c2)C(=O)C2=C3Nc3ccccc3SC2c2cccc(O)c2)N=N1. The van der Waals surface area contributed by atoms with E-state index in [-0.39, 0.29) is 22.7 Å². The van der Waals surface area contributed by atoms with Crippen molar-refractivity contribution in [3.63, 3.8) is 0 Å². The molecule has 2 heterocycles. The molecule has 0 radical (unpaired) electrons. The van der Waals surface area contributed by atoms with Gasteiger partial charge in [-0.05, 0) is 42.0 Å². The highest BCUT2D eigenvalue weighted by atomic mass is 32.2. The summed E-state index contributed by atoms with van der Waals surface area (Å²) < 4.78 is 0. The number of rotatable bonds is 7. The lowest BCUT2D eigenvalue weighted by molar-refractivity contribution is 0.0952. The number of nitrogens with one attached hydrogen (secondary N) is 2. The Balaban J connectivity index is 1.28. The Morgan fingerprint density at radius 1 is 1.08 bits per heavy atom. The number of amides is 1. The first-order valence-electron chi connectivity index (χ1n) is 12.4. The number of fused-ring (bicyclic) bond motifs is 3. The van der Waals surface area contributed by atoms with Crippen LogP contribution in [0, 0.1) is 12.3 Å². The number of ketones is 1. The monoisotopic (exact) mass is 520 g/mol. The number of nitrogens with zero attached hydrogens (tertiary/aromatic N) is 2. The van der Waals surface area contributed by atoms with Gasteiger partial charge >= 0.3 is 0 Å². The molecule has 1 unspecified atom stereocenters. The summed E-state index contributed by atoms with van der Waals surface area (Å²) in [6, 6.07) is 20.2. The van der Waals surface area contributed by atoms with Crippen LogP contribution in [0.25, 0.3) is 5.70 Å². The van der Waals surface area contributed by atoms with Crippen LogP contribution in [-0.4, -0.2) is 29.0 Å². The fourth-order valence-electron chi connectivity index (χ4n) is 4.94. The van der Waals surface area contributed by atoms with E-state index in [9.17, 15) is 14.7 Å². The van der Waals surface area contributed by atoms with Gasteiger partial charge in [0.05, 0.1) is 16.6 Å². The molecule has 0 fully saturated rings. The fraction of sp³-hybridized carbons (Fsp3) is 0.200. The van der Waals surface area contributed by atoms with E-state index in [1.165, 1.54) is 0 Å². The maximum absolute atomic E-state index is 13.9. The van der Waals surface area contributed by atoms with Crippen molar-refractivity contribution in [2.45, 2.75) is 35.1 Å². The van der Waals surface area contributed by atoms with Crippen LogP contribution in [0.5, 0.6) is 5.75 Å². The zero-order chi connectivity index (χ0) is 26.3. The summed E-state index contributed by atoms with van der Waals surface area (Å²) in [5.74, 6) is 2.36. The molecular formula is C30H24N4O3S. The summed E-state index contributed by atoms with van der Waals surface area (Å²) in [5.41, 5.74) is 4.27. The van der Waals surface area contributed by atoms with Crippen molar-refractivity contribution in [2.75, 3.05) is 11.9 Å². The maximum Gasteiger partial charge on any atom is 0.251 e. The molecule has 38 heavy (non-hydrogen) atoms. The van der Waals surface area contributed by atoms with Crippen LogP contribution in [0.15, 0.2) is 87.4 Å². The van der Waals surface area contributed by atoms with Crippen LogP contribution in [-0.2, 0) is 0 Å². The van der Waals surface area contributed by atoms with Gasteiger partial charge in [-0.3, -0.25) is 9.59 Å². The van der Waals surface area contributed by atoms with Gasteiger partial charge in [0.1, 0.15) is 5.75 Å². The molecule has 0 spiro atoms. The molecule has 0 saturated heterocycles. The molecule has 6 rings (SSSR count). The van der Waals surface area contributed by atoms with Crippen molar-refractivity contribution >= 4 is 34.8 Å². The van der Waals surface area contributed by atoms with E-state index >= 15 is 0 Å². The maximum atomic E-state index is 13.9. The number of Topliss-reactive ketones (excluding diaryl/α,β-unsaturated/α-hetero) is 1. The third kappa shape index (κ3) is 4.35. The van der Waals surface area contributed by atoms with E-state index in [4.69, 9.17) is 6.42 Å². The van der Waals surface area contributed by atoms with E-state index in [1.807, 2.05) is 36.4 Å². The minimum atomic E-state index is -0.463. The second kappa shape index (κ2) is 9.51. The minimum Gasteiger partial charge on any atom is -0.508 e. The van der Waals surface area contributed by atoms with Gasteiger partial charge in [-0.1, -0.05) is 30.3 Å². The Morgan fingerprint density at radius 2 is 1.92 bits per heavy atom. The number of hydrogen-bond donors (Lipinski definition) is 3. The molecular weight excluding hydrogens is 496 g/mol. The number of phenols is 1. The number of hydrogen-bond acceptors (Lipinski definition) is 7. The summed E-state index contributed by atoms with van der Waals surface area (Å²) in [4.78, 5) is 27.8. The van der Waals surface area contributed by atoms with Gasteiger partial charge in [-0.2, -0.15) is 10.2 Å². The molecule has 0 aromatic heterocycles. The third-order valence-electron chi connectivity index (χ3n) is 7.00. The molecule has 0 bridgehead atoms. The number of aromatic hydroxyl groups is 1. The number of benzene rings is 3. The predicted octanol–water partition coefficient (Wildman–Crippen LogP) is 5.95. The topological polar surface area (TPSA) is 103 Å². The van der Waals surface area contributed by atoms with Gasteiger partial charge in [-0.15, -0.1) is 24.1 Å². The van der Waals surface area contributed by atoms with E-state index in [0.717, 1.165) is 27.4 Å². The van der Waals surface area contributed by atoms with Crippen molar-refractivity contribution < 1.29 is 14.7 Å². The number of carbonyl (C=O) groups is 2. The van der Waals surface area contributed by atoms with Gasteiger partial charge in [0.2, 0.25) is 0 Å². The van der Waals surface area contributed by atoms with Gasteiger partial charge in [0.15, 0.2) is 11.4 Å². The predicted molar refractivity (Wildman–Crippen MR) is 147 cm³/mol. The van der Waals surface area contributed by atoms with Crippen LogP contribution in [0.4, 0.5) is 5.69 Å². The molecule has 188 valence electrons. The molecule has 3 aromatic carbocycles. The Kier molecular flexibility index (Phi) is 6.01. The quantitative estimate of drug-likeness (QED) is 0.334. The van der Waals surface area contributed by atoms with E-state index in [0.29, 0.717) is 42.5 Å².